The summed E-state index contributed by atoms with van der Waals surface area (Å²) < 4.78 is 0. The monoisotopic (exact) mass is 304 g/mol. The summed E-state index contributed by atoms with van der Waals surface area (Å²) in [6.07, 6.45) is 0.291. The molecule has 0 bridgehead atoms. The number of aryl methyl sites for hydroxylation is 2. The Kier molecular flexibility index (Phi) is 5.11. The molecule has 2 rings (SSSR count). The number of benzene rings is 1. The number of hydrogen-bond acceptors (Lipinski definition) is 4. The van der Waals surface area contributed by atoms with Crippen molar-refractivity contribution in [2.45, 2.75) is 20.3 Å². The van der Waals surface area contributed by atoms with Crippen LogP contribution in [-0.2, 0) is 4.79 Å². The number of amides is 1. The topological polar surface area (TPSA) is 66.9 Å². The van der Waals surface area contributed by atoms with Crippen LogP contribution >= 0.6 is 11.6 Å². The average molecular weight is 305 g/mol. The van der Waals surface area contributed by atoms with Crippen molar-refractivity contribution >= 4 is 34.8 Å². The van der Waals surface area contributed by atoms with Crippen molar-refractivity contribution in [2.24, 2.45) is 0 Å². The smallest absolute Gasteiger partial charge is 0.227 e. The predicted molar refractivity (Wildman–Crippen MR) is 85.2 cm³/mol. The van der Waals surface area contributed by atoms with Gasteiger partial charge in [-0.15, -0.1) is 11.6 Å². The van der Waals surface area contributed by atoms with E-state index in [2.05, 4.69) is 20.6 Å². The molecule has 0 fully saturated rings. The van der Waals surface area contributed by atoms with Gasteiger partial charge in [-0.3, -0.25) is 4.79 Å². The number of anilines is 3. The molecule has 1 aromatic carbocycles. The van der Waals surface area contributed by atoms with E-state index in [4.69, 9.17) is 11.6 Å². The van der Waals surface area contributed by atoms with Crippen LogP contribution in [0.25, 0.3) is 0 Å². The summed E-state index contributed by atoms with van der Waals surface area (Å²) in [7, 11) is 0. The van der Waals surface area contributed by atoms with Crippen LogP contribution in [0.2, 0.25) is 0 Å². The maximum atomic E-state index is 11.5. The van der Waals surface area contributed by atoms with E-state index in [1.165, 1.54) is 0 Å². The third-order valence-electron chi connectivity index (χ3n) is 2.71. The quantitative estimate of drug-likeness (QED) is 0.831. The molecule has 0 atom stereocenters. The lowest BCUT2D eigenvalue weighted by atomic mass is 10.2. The Balaban J connectivity index is 2.12. The lowest BCUT2D eigenvalue weighted by Gasteiger charge is -2.09. The summed E-state index contributed by atoms with van der Waals surface area (Å²) in [6, 6.07) is 9.29. The number of alkyl halides is 1. The molecule has 0 saturated heterocycles. The minimum Gasteiger partial charge on any atom is -0.326 e. The van der Waals surface area contributed by atoms with E-state index in [0.717, 1.165) is 17.1 Å². The van der Waals surface area contributed by atoms with Gasteiger partial charge >= 0.3 is 0 Å². The first-order valence-electron chi connectivity index (χ1n) is 6.62. The second kappa shape index (κ2) is 7.04. The summed E-state index contributed by atoms with van der Waals surface area (Å²) in [4.78, 5) is 20.2. The Bertz CT molecular complexity index is 625. The van der Waals surface area contributed by atoms with E-state index in [1.807, 2.05) is 44.2 Å². The second-order valence-corrected chi connectivity index (χ2v) is 5.05. The molecule has 0 aliphatic rings. The summed E-state index contributed by atoms with van der Waals surface area (Å²) in [6.45, 7) is 3.84. The lowest BCUT2D eigenvalue weighted by molar-refractivity contribution is -0.115. The standard InChI is InChI=1S/C15H17ClN4O/c1-10-8-11(2)18-15(17-10)20-13-5-3-4-12(9-13)19-14(21)6-7-16/h3-5,8-9H,6-7H2,1-2H3,(H,19,21)(H,17,18,20). The van der Waals surface area contributed by atoms with Gasteiger partial charge in [0.2, 0.25) is 11.9 Å². The number of hydrogen-bond donors (Lipinski definition) is 2. The zero-order valence-electron chi connectivity index (χ0n) is 12.0. The van der Waals surface area contributed by atoms with Crippen molar-refractivity contribution in [3.63, 3.8) is 0 Å². The third kappa shape index (κ3) is 4.72. The maximum absolute atomic E-state index is 11.5. The predicted octanol–water partition coefficient (Wildman–Crippen LogP) is 3.40. The van der Waals surface area contributed by atoms with Gasteiger partial charge in [0.25, 0.3) is 0 Å². The van der Waals surface area contributed by atoms with Crippen LogP contribution in [0.5, 0.6) is 0 Å². The van der Waals surface area contributed by atoms with E-state index in [-0.39, 0.29) is 5.91 Å². The molecule has 2 aromatic rings. The number of nitrogens with zero attached hydrogens (tertiary/aromatic N) is 2. The normalized spacial score (nSPS) is 10.2. The van der Waals surface area contributed by atoms with E-state index in [9.17, 15) is 4.79 Å². The summed E-state index contributed by atoms with van der Waals surface area (Å²) >= 11 is 5.54. The number of rotatable bonds is 5. The van der Waals surface area contributed by atoms with Crippen LogP contribution in [0.15, 0.2) is 30.3 Å². The van der Waals surface area contributed by atoms with E-state index < -0.39 is 0 Å². The molecular formula is C15H17ClN4O. The molecule has 1 aromatic heterocycles. The highest BCUT2D eigenvalue weighted by atomic mass is 35.5. The molecule has 5 nitrogen and oxygen atoms in total. The fraction of sp³-hybridized carbons (Fsp3) is 0.267. The lowest BCUT2D eigenvalue weighted by Crippen LogP contribution is -2.11. The van der Waals surface area contributed by atoms with E-state index in [1.54, 1.807) is 0 Å². The summed E-state index contributed by atoms with van der Waals surface area (Å²) in [5, 5.41) is 5.92. The van der Waals surface area contributed by atoms with Gasteiger partial charge in [0.05, 0.1) is 0 Å². The molecule has 21 heavy (non-hydrogen) atoms. The molecule has 0 aliphatic heterocycles. The van der Waals surface area contributed by atoms with Gasteiger partial charge in [-0.2, -0.15) is 0 Å². The molecule has 0 aliphatic carbocycles. The van der Waals surface area contributed by atoms with Gasteiger partial charge in [-0.25, -0.2) is 9.97 Å². The van der Waals surface area contributed by atoms with Crippen LogP contribution in [0.4, 0.5) is 17.3 Å². The molecule has 2 N–H and O–H groups in total. The van der Waals surface area contributed by atoms with Crippen LogP contribution in [-0.4, -0.2) is 21.8 Å². The van der Waals surface area contributed by atoms with Crippen molar-refractivity contribution in [3.8, 4) is 0 Å². The van der Waals surface area contributed by atoms with E-state index in [0.29, 0.717) is 23.9 Å². The highest BCUT2D eigenvalue weighted by molar-refractivity contribution is 6.19. The fourth-order valence-corrected chi connectivity index (χ4v) is 2.07. The Morgan fingerprint density at radius 1 is 1.14 bits per heavy atom. The van der Waals surface area contributed by atoms with Crippen LogP contribution in [0, 0.1) is 13.8 Å². The van der Waals surface area contributed by atoms with Gasteiger partial charge in [0.1, 0.15) is 0 Å². The van der Waals surface area contributed by atoms with Crippen molar-refractivity contribution in [1.82, 2.24) is 9.97 Å². The zero-order chi connectivity index (χ0) is 15.2. The Morgan fingerprint density at radius 3 is 2.48 bits per heavy atom. The molecule has 0 spiro atoms. The number of carbonyl (C=O) groups is 1. The van der Waals surface area contributed by atoms with Crippen molar-refractivity contribution in [3.05, 3.63) is 41.7 Å². The highest BCUT2D eigenvalue weighted by Gasteiger charge is 2.04. The highest BCUT2D eigenvalue weighted by Crippen LogP contribution is 2.18. The molecule has 6 heteroatoms. The first-order chi connectivity index (χ1) is 10.1. The van der Waals surface area contributed by atoms with Gasteiger partial charge in [0.15, 0.2) is 0 Å². The largest absolute Gasteiger partial charge is 0.326 e. The fourth-order valence-electron chi connectivity index (χ4n) is 1.89. The van der Waals surface area contributed by atoms with Crippen LogP contribution < -0.4 is 10.6 Å². The third-order valence-corrected chi connectivity index (χ3v) is 2.90. The van der Waals surface area contributed by atoms with Crippen LogP contribution in [0.1, 0.15) is 17.8 Å². The van der Waals surface area contributed by atoms with Crippen LogP contribution in [0.3, 0.4) is 0 Å². The molecular weight excluding hydrogens is 288 g/mol. The number of carbonyl (C=O) groups excluding carboxylic acids is 1. The van der Waals surface area contributed by atoms with Gasteiger partial charge in [-0.05, 0) is 38.1 Å². The Labute approximate surface area is 128 Å². The minimum absolute atomic E-state index is 0.107. The molecule has 1 heterocycles. The zero-order valence-corrected chi connectivity index (χ0v) is 12.7. The van der Waals surface area contributed by atoms with E-state index >= 15 is 0 Å². The molecule has 110 valence electrons. The molecule has 0 unspecified atom stereocenters. The SMILES string of the molecule is Cc1cc(C)nc(Nc2cccc(NC(=O)CCCl)c2)n1. The molecule has 1 amide bonds. The maximum Gasteiger partial charge on any atom is 0.227 e. The summed E-state index contributed by atoms with van der Waals surface area (Å²) in [5.74, 6) is 0.738. The number of nitrogens with one attached hydrogen (secondary N) is 2. The first-order valence-corrected chi connectivity index (χ1v) is 7.15. The van der Waals surface area contributed by atoms with Crippen molar-refractivity contribution in [2.75, 3.05) is 16.5 Å². The first kappa shape index (κ1) is 15.3. The number of halogens is 1. The summed E-state index contributed by atoms with van der Waals surface area (Å²) in [5.41, 5.74) is 3.32. The van der Waals surface area contributed by atoms with Gasteiger partial charge in [0, 0.05) is 35.1 Å². The molecule has 0 radical (unpaired) electrons. The second-order valence-electron chi connectivity index (χ2n) is 4.67. The Hall–Kier alpha value is -2.14. The van der Waals surface area contributed by atoms with Gasteiger partial charge < -0.3 is 10.6 Å². The average Bonchev–Trinajstić information content (AvgIpc) is 2.37. The van der Waals surface area contributed by atoms with Crippen molar-refractivity contribution in [1.29, 1.82) is 0 Å². The van der Waals surface area contributed by atoms with Crippen molar-refractivity contribution < 1.29 is 4.79 Å². The molecule has 0 saturated carbocycles. The Morgan fingerprint density at radius 2 is 1.81 bits per heavy atom. The number of aromatic nitrogens is 2. The minimum atomic E-state index is -0.107. The van der Waals surface area contributed by atoms with Gasteiger partial charge in [-0.1, -0.05) is 6.07 Å².